The molecule has 0 aromatic heterocycles. The van der Waals surface area contributed by atoms with E-state index in [0.29, 0.717) is 11.3 Å². The first-order chi connectivity index (χ1) is 10.0. The van der Waals surface area contributed by atoms with Gasteiger partial charge in [0.2, 0.25) is 0 Å². The van der Waals surface area contributed by atoms with Crippen LogP contribution in [0.15, 0.2) is 12.1 Å². The maximum Gasteiger partial charge on any atom is 0.258 e. The number of hydrogen-bond donors (Lipinski definition) is 0. The molecule has 0 N–H and O–H groups in total. The van der Waals surface area contributed by atoms with E-state index in [-0.39, 0.29) is 18.0 Å². The fraction of sp³-hybridized carbons (Fsp3) is 0.588. The summed E-state index contributed by atoms with van der Waals surface area (Å²) in [7, 11) is 3.22. The first kappa shape index (κ1) is 15.7. The highest BCUT2D eigenvalue weighted by Gasteiger charge is 2.31. The molecule has 1 fully saturated rings. The second kappa shape index (κ2) is 6.37. The summed E-state index contributed by atoms with van der Waals surface area (Å²) in [6.07, 6.45) is 3.31. The van der Waals surface area contributed by atoms with Crippen LogP contribution in [0, 0.1) is 6.92 Å². The van der Waals surface area contributed by atoms with Crippen molar-refractivity contribution < 1.29 is 14.3 Å². The number of likely N-dealkylation sites (tertiary alicyclic amines) is 1. The van der Waals surface area contributed by atoms with Gasteiger partial charge in [0.25, 0.3) is 5.91 Å². The van der Waals surface area contributed by atoms with Crippen molar-refractivity contribution in [3.05, 3.63) is 23.3 Å². The maximum absolute atomic E-state index is 13.0. The summed E-state index contributed by atoms with van der Waals surface area (Å²) in [5.41, 5.74) is 1.49. The number of rotatable bonds is 3. The molecule has 1 aliphatic rings. The molecule has 0 bridgehead atoms. The van der Waals surface area contributed by atoms with Crippen molar-refractivity contribution in [3.63, 3.8) is 0 Å². The van der Waals surface area contributed by atoms with Gasteiger partial charge in [-0.3, -0.25) is 4.79 Å². The Labute approximate surface area is 127 Å². The van der Waals surface area contributed by atoms with Crippen molar-refractivity contribution in [1.82, 2.24) is 4.90 Å². The second-order valence-electron chi connectivity index (χ2n) is 5.82. The van der Waals surface area contributed by atoms with Crippen LogP contribution in [0.1, 0.15) is 49.0 Å². The zero-order valence-electron chi connectivity index (χ0n) is 13.6. The van der Waals surface area contributed by atoms with Gasteiger partial charge < -0.3 is 14.4 Å². The third-order valence-corrected chi connectivity index (χ3v) is 4.44. The van der Waals surface area contributed by atoms with Crippen LogP contribution < -0.4 is 9.47 Å². The highest BCUT2D eigenvalue weighted by atomic mass is 16.5. The third-order valence-electron chi connectivity index (χ3n) is 4.44. The number of nitrogens with zero attached hydrogens (tertiary/aromatic N) is 1. The summed E-state index contributed by atoms with van der Waals surface area (Å²) in [5, 5.41) is 0. The van der Waals surface area contributed by atoms with Gasteiger partial charge in [0.15, 0.2) is 0 Å². The van der Waals surface area contributed by atoms with Crippen LogP contribution in [-0.4, -0.2) is 37.1 Å². The maximum atomic E-state index is 13.0. The molecule has 4 nitrogen and oxygen atoms in total. The van der Waals surface area contributed by atoms with Crippen LogP contribution in [0.4, 0.5) is 0 Å². The van der Waals surface area contributed by atoms with Crippen LogP contribution in [0.2, 0.25) is 0 Å². The Morgan fingerprint density at radius 3 is 2.29 bits per heavy atom. The summed E-state index contributed by atoms with van der Waals surface area (Å²) in [5.74, 6) is 1.41. The summed E-state index contributed by atoms with van der Waals surface area (Å²) in [6, 6.07) is 4.19. The molecule has 1 amide bonds. The van der Waals surface area contributed by atoms with Crippen molar-refractivity contribution in [1.29, 1.82) is 0 Å². The van der Waals surface area contributed by atoms with E-state index < -0.39 is 0 Å². The Bertz CT molecular complexity index is 517. The molecule has 0 radical (unpaired) electrons. The normalized spacial score (nSPS) is 22.0. The van der Waals surface area contributed by atoms with Gasteiger partial charge in [0.1, 0.15) is 11.5 Å². The van der Waals surface area contributed by atoms with E-state index >= 15 is 0 Å². The molecule has 2 atom stereocenters. The lowest BCUT2D eigenvalue weighted by atomic mass is 9.95. The minimum atomic E-state index is 0.0531. The number of hydrogen-bond acceptors (Lipinski definition) is 3. The third kappa shape index (κ3) is 2.85. The van der Waals surface area contributed by atoms with Crippen LogP contribution >= 0.6 is 0 Å². The first-order valence-corrected chi connectivity index (χ1v) is 7.55. The molecule has 1 heterocycles. The van der Waals surface area contributed by atoms with E-state index in [4.69, 9.17) is 9.47 Å². The Kier molecular flexibility index (Phi) is 4.76. The number of methoxy groups -OCH3 is 2. The molecule has 0 saturated carbocycles. The molecule has 2 rings (SSSR count). The van der Waals surface area contributed by atoms with Crippen molar-refractivity contribution in [3.8, 4) is 11.5 Å². The number of amides is 1. The molecular weight excluding hydrogens is 266 g/mol. The predicted molar refractivity (Wildman–Crippen MR) is 83.2 cm³/mol. The molecule has 1 aromatic rings. The molecule has 1 aliphatic heterocycles. The van der Waals surface area contributed by atoms with Gasteiger partial charge in [-0.15, -0.1) is 0 Å². The SMILES string of the molecule is COc1ccc(C(=O)N2C(C)CCCC2C)c(OC)c1C. The van der Waals surface area contributed by atoms with Crippen molar-refractivity contribution in [2.45, 2.75) is 52.1 Å². The number of carbonyl (C=O) groups is 1. The monoisotopic (exact) mass is 291 g/mol. The molecule has 116 valence electrons. The lowest BCUT2D eigenvalue weighted by Crippen LogP contribution is -2.47. The summed E-state index contributed by atoms with van der Waals surface area (Å²) < 4.78 is 10.8. The standard InChI is InChI=1S/C17H25NO3/c1-11-7-6-8-12(2)18(11)17(19)14-9-10-15(20-4)13(3)16(14)21-5/h9-12H,6-8H2,1-5H3. The molecule has 21 heavy (non-hydrogen) atoms. The lowest BCUT2D eigenvalue weighted by molar-refractivity contribution is 0.0507. The topological polar surface area (TPSA) is 38.8 Å². The molecule has 0 aliphatic carbocycles. The van der Waals surface area contributed by atoms with Gasteiger partial charge >= 0.3 is 0 Å². The Morgan fingerprint density at radius 2 is 1.76 bits per heavy atom. The quantitative estimate of drug-likeness (QED) is 0.856. The Morgan fingerprint density at radius 1 is 1.14 bits per heavy atom. The zero-order valence-corrected chi connectivity index (χ0v) is 13.6. The number of ether oxygens (including phenoxy) is 2. The summed E-state index contributed by atoms with van der Waals surface area (Å²) >= 11 is 0. The fourth-order valence-electron chi connectivity index (χ4n) is 3.29. The number of carbonyl (C=O) groups excluding carboxylic acids is 1. The van der Waals surface area contributed by atoms with Gasteiger partial charge in [-0.05, 0) is 52.2 Å². The van der Waals surface area contributed by atoms with Gasteiger partial charge in [0.05, 0.1) is 19.8 Å². The van der Waals surface area contributed by atoms with E-state index in [1.165, 1.54) is 6.42 Å². The Balaban J connectivity index is 2.41. The van der Waals surface area contributed by atoms with E-state index in [2.05, 4.69) is 13.8 Å². The van der Waals surface area contributed by atoms with E-state index in [1.807, 2.05) is 17.9 Å². The Hall–Kier alpha value is -1.71. The smallest absolute Gasteiger partial charge is 0.258 e. The molecular formula is C17H25NO3. The molecule has 0 spiro atoms. The van der Waals surface area contributed by atoms with Gasteiger partial charge in [0, 0.05) is 17.6 Å². The predicted octanol–water partition coefficient (Wildman–Crippen LogP) is 3.42. The second-order valence-corrected chi connectivity index (χ2v) is 5.82. The van der Waals surface area contributed by atoms with Crippen LogP contribution in [0.3, 0.4) is 0 Å². The minimum absolute atomic E-state index is 0.0531. The number of benzene rings is 1. The molecule has 4 heteroatoms. The van der Waals surface area contributed by atoms with Crippen LogP contribution in [0.5, 0.6) is 11.5 Å². The largest absolute Gasteiger partial charge is 0.496 e. The van der Waals surface area contributed by atoms with Gasteiger partial charge in [-0.1, -0.05) is 0 Å². The van der Waals surface area contributed by atoms with Gasteiger partial charge in [-0.25, -0.2) is 0 Å². The average molecular weight is 291 g/mol. The average Bonchev–Trinajstić information content (AvgIpc) is 2.46. The highest BCUT2D eigenvalue weighted by molar-refractivity contribution is 5.98. The molecule has 1 aromatic carbocycles. The van der Waals surface area contributed by atoms with Crippen LogP contribution in [0.25, 0.3) is 0 Å². The highest BCUT2D eigenvalue weighted by Crippen LogP contribution is 2.34. The lowest BCUT2D eigenvalue weighted by Gasteiger charge is -2.39. The van der Waals surface area contributed by atoms with Crippen molar-refractivity contribution >= 4 is 5.91 Å². The summed E-state index contributed by atoms with van der Waals surface area (Å²) in [4.78, 5) is 15.0. The minimum Gasteiger partial charge on any atom is -0.496 e. The molecule has 2 unspecified atom stereocenters. The van der Waals surface area contributed by atoms with E-state index in [9.17, 15) is 4.79 Å². The van der Waals surface area contributed by atoms with Crippen molar-refractivity contribution in [2.24, 2.45) is 0 Å². The van der Waals surface area contributed by atoms with Crippen LogP contribution in [-0.2, 0) is 0 Å². The fourth-order valence-corrected chi connectivity index (χ4v) is 3.29. The van der Waals surface area contributed by atoms with Crippen molar-refractivity contribution in [2.75, 3.05) is 14.2 Å². The van der Waals surface area contributed by atoms with Gasteiger partial charge in [-0.2, -0.15) is 0 Å². The number of piperidine rings is 1. The van der Waals surface area contributed by atoms with E-state index in [1.54, 1.807) is 20.3 Å². The summed E-state index contributed by atoms with van der Waals surface area (Å²) in [6.45, 7) is 6.16. The molecule has 1 saturated heterocycles. The zero-order chi connectivity index (χ0) is 15.6. The first-order valence-electron chi connectivity index (χ1n) is 7.55. The van der Waals surface area contributed by atoms with E-state index in [0.717, 1.165) is 24.2 Å².